The van der Waals surface area contributed by atoms with Gasteiger partial charge in [0.15, 0.2) is 0 Å². The molecule has 34 heavy (non-hydrogen) atoms. The van der Waals surface area contributed by atoms with Crippen molar-refractivity contribution in [3.05, 3.63) is 65.2 Å². The summed E-state index contributed by atoms with van der Waals surface area (Å²) in [4.78, 5) is 28.6. The van der Waals surface area contributed by atoms with Crippen LogP contribution in [-0.4, -0.2) is 76.8 Å². The molecular weight excluding hydrogens is 434 g/mol. The summed E-state index contributed by atoms with van der Waals surface area (Å²) < 4.78 is 5.71. The Bertz CT molecular complexity index is 995. The standard InChI is InChI=1S/C26H33N3O5/c27-15-18-3-1-4-20(13-18)19-7-10-28(11-8-19)26(33)21-5-2-6-22(14-21)34-12-9-25(32)29-16-23(30)24(31)17-29/h1-6,13-14,19,23-24,30-31H,7-12,15-17,27H2/t23-,24-/m1/s1. The van der Waals surface area contributed by atoms with Gasteiger partial charge in [-0.2, -0.15) is 0 Å². The average molecular weight is 468 g/mol. The van der Waals surface area contributed by atoms with Gasteiger partial charge in [0.1, 0.15) is 5.75 Å². The van der Waals surface area contributed by atoms with Gasteiger partial charge in [-0.25, -0.2) is 0 Å². The Morgan fingerprint density at radius 3 is 2.38 bits per heavy atom. The van der Waals surface area contributed by atoms with Crippen LogP contribution in [0.3, 0.4) is 0 Å². The van der Waals surface area contributed by atoms with E-state index in [1.54, 1.807) is 24.3 Å². The number of hydrogen-bond acceptors (Lipinski definition) is 6. The van der Waals surface area contributed by atoms with E-state index in [4.69, 9.17) is 10.5 Å². The lowest BCUT2D eigenvalue weighted by Gasteiger charge is -2.32. The molecule has 0 aromatic heterocycles. The molecule has 0 aliphatic carbocycles. The second kappa shape index (κ2) is 11.0. The van der Waals surface area contributed by atoms with E-state index in [1.165, 1.54) is 10.5 Å². The quantitative estimate of drug-likeness (QED) is 0.568. The first-order chi connectivity index (χ1) is 16.4. The van der Waals surface area contributed by atoms with E-state index in [1.807, 2.05) is 17.0 Å². The predicted octanol–water partition coefficient (Wildman–Crippen LogP) is 1.50. The van der Waals surface area contributed by atoms with Crippen molar-refractivity contribution in [1.29, 1.82) is 0 Å². The van der Waals surface area contributed by atoms with E-state index in [0.29, 0.717) is 36.9 Å². The fourth-order valence-corrected chi connectivity index (χ4v) is 4.68. The Kier molecular flexibility index (Phi) is 7.82. The number of aliphatic hydroxyl groups is 2. The third-order valence-corrected chi connectivity index (χ3v) is 6.72. The van der Waals surface area contributed by atoms with Gasteiger partial charge in [0.05, 0.1) is 25.2 Å². The summed E-state index contributed by atoms with van der Waals surface area (Å²) in [7, 11) is 0. The molecule has 2 aromatic rings. The van der Waals surface area contributed by atoms with Gasteiger partial charge in [-0.1, -0.05) is 30.3 Å². The third kappa shape index (κ3) is 5.75. The number of aliphatic hydroxyl groups excluding tert-OH is 2. The highest BCUT2D eigenvalue weighted by Crippen LogP contribution is 2.29. The largest absolute Gasteiger partial charge is 0.493 e. The van der Waals surface area contributed by atoms with E-state index in [9.17, 15) is 19.8 Å². The molecule has 2 atom stereocenters. The first kappa shape index (κ1) is 24.2. The Morgan fingerprint density at radius 1 is 0.971 bits per heavy atom. The number of ether oxygens (including phenoxy) is 1. The molecule has 2 saturated heterocycles. The summed E-state index contributed by atoms with van der Waals surface area (Å²) >= 11 is 0. The Balaban J connectivity index is 1.27. The lowest BCUT2D eigenvalue weighted by molar-refractivity contribution is -0.131. The molecule has 2 amide bonds. The number of likely N-dealkylation sites (tertiary alicyclic amines) is 2. The van der Waals surface area contributed by atoms with Crippen LogP contribution in [0.2, 0.25) is 0 Å². The second-order valence-electron chi connectivity index (χ2n) is 9.08. The van der Waals surface area contributed by atoms with Crippen LogP contribution in [0, 0.1) is 0 Å². The van der Waals surface area contributed by atoms with Crippen molar-refractivity contribution in [3.63, 3.8) is 0 Å². The minimum atomic E-state index is -0.895. The number of rotatable bonds is 7. The minimum Gasteiger partial charge on any atom is -0.493 e. The Labute approximate surface area is 199 Å². The molecule has 0 radical (unpaired) electrons. The van der Waals surface area contributed by atoms with Crippen LogP contribution in [0.25, 0.3) is 0 Å². The number of β-amino-alcohol motifs (C(OH)–C–C–N with tert-alkyl or cyclic N) is 2. The summed E-state index contributed by atoms with van der Waals surface area (Å²) in [6.45, 7) is 2.36. The normalized spacial score (nSPS) is 21.0. The van der Waals surface area contributed by atoms with Crippen molar-refractivity contribution in [2.45, 2.75) is 43.9 Å². The molecule has 2 aliphatic rings. The number of nitrogens with two attached hydrogens (primary N) is 1. The maximum atomic E-state index is 13.1. The van der Waals surface area contributed by atoms with Crippen molar-refractivity contribution in [1.82, 2.24) is 9.80 Å². The van der Waals surface area contributed by atoms with Crippen LogP contribution in [0.4, 0.5) is 0 Å². The van der Waals surface area contributed by atoms with Crippen molar-refractivity contribution in [2.24, 2.45) is 5.73 Å². The van der Waals surface area contributed by atoms with Crippen LogP contribution in [-0.2, 0) is 11.3 Å². The highest BCUT2D eigenvalue weighted by atomic mass is 16.5. The highest BCUT2D eigenvalue weighted by molar-refractivity contribution is 5.94. The molecule has 182 valence electrons. The monoisotopic (exact) mass is 467 g/mol. The van der Waals surface area contributed by atoms with Gasteiger partial charge in [-0.15, -0.1) is 0 Å². The summed E-state index contributed by atoms with van der Waals surface area (Å²) in [5.41, 5.74) is 8.76. The van der Waals surface area contributed by atoms with Crippen molar-refractivity contribution >= 4 is 11.8 Å². The fraction of sp³-hybridized carbons (Fsp3) is 0.462. The van der Waals surface area contributed by atoms with Gasteiger partial charge < -0.3 is 30.5 Å². The second-order valence-corrected chi connectivity index (χ2v) is 9.08. The first-order valence-electron chi connectivity index (χ1n) is 11.9. The van der Waals surface area contributed by atoms with Gasteiger partial charge in [0, 0.05) is 38.3 Å². The number of piperidine rings is 1. The zero-order valence-electron chi connectivity index (χ0n) is 19.3. The number of amides is 2. The summed E-state index contributed by atoms with van der Waals surface area (Å²) in [5, 5.41) is 19.2. The lowest BCUT2D eigenvalue weighted by Crippen LogP contribution is -2.37. The van der Waals surface area contributed by atoms with Crippen molar-refractivity contribution < 1.29 is 24.5 Å². The number of benzene rings is 2. The molecule has 0 bridgehead atoms. The molecule has 0 spiro atoms. The molecule has 8 nitrogen and oxygen atoms in total. The third-order valence-electron chi connectivity index (χ3n) is 6.72. The SMILES string of the molecule is NCc1cccc(C2CCN(C(=O)c3cccc(OCCC(=O)N4C[C@@H](O)[C@H](O)C4)c3)CC2)c1. The van der Waals surface area contributed by atoms with Gasteiger partial charge in [0.2, 0.25) is 5.91 Å². The summed E-state index contributed by atoms with van der Waals surface area (Å²) in [6, 6.07) is 15.4. The van der Waals surface area contributed by atoms with Gasteiger partial charge >= 0.3 is 0 Å². The molecule has 4 rings (SSSR count). The minimum absolute atomic E-state index is 0.0178. The predicted molar refractivity (Wildman–Crippen MR) is 127 cm³/mol. The number of hydrogen-bond donors (Lipinski definition) is 3. The summed E-state index contributed by atoms with van der Waals surface area (Å²) in [5.74, 6) is 0.771. The molecule has 2 fully saturated rings. The van der Waals surface area contributed by atoms with Gasteiger partial charge in [-0.3, -0.25) is 9.59 Å². The first-order valence-corrected chi connectivity index (χ1v) is 11.9. The van der Waals surface area contributed by atoms with Gasteiger partial charge in [0.25, 0.3) is 5.91 Å². The fourth-order valence-electron chi connectivity index (χ4n) is 4.68. The number of carbonyl (C=O) groups excluding carboxylic acids is 2. The molecule has 2 aromatic carbocycles. The van der Waals surface area contributed by atoms with E-state index >= 15 is 0 Å². The zero-order chi connectivity index (χ0) is 24.1. The van der Waals surface area contributed by atoms with E-state index in [-0.39, 0.29) is 37.9 Å². The highest BCUT2D eigenvalue weighted by Gasteiger charge is 2.32. The van der Waals surface area contributed by atoms with Crippen molar-refractivity contribution in [3.8, 4) is 5.75 Å². The molecule has 2 heterocycles. The van der Waals surface area contributed by atoms with E-state index in [2.05, 4.69) is 12.1 Å². The average Bonchev–Trinajstić information content (AvgIpc) is 3.22. The maximum Gasteiger partial charge on any atom is 0.253 e. The van der Waals surface area contributed by atoms with Crippen molar-refractivity contribution in [2.75, 3.05) is 32.8 Å². The topological polar surface area (TPSA) is 116 Å². The Hall–Kier alpha value is -2.94. The van der Waals surface area contributed by atoms with E-state index in [0.717, 1.165) is 18.4 Å². The molecule has 8 heteroatoms. The maximum absolute atomic E-state index is 13.1. The van der Waals surface area contributed by atoms with E-state index < -0.39 is 12.2 Å². The van der Waals surface area contributed by atoms with Crippen LogP contribution < -0.4 is 10.5 Å². The van der Waals surface area contributed by atoms with Crippen LogP contribution in [0.1, 0.15) is 46.7 Å². The number of nitrogens with zero attached hydrogens (tertiary/aromatic N) is 2. The Morgan fingerprint density at radius 2 is 1.68 bits per heavy atom. The van der Waals surface area contributed by atoms with Crippen LogP contribution >= 0.6 is 0 Å². The molecule has 4 N–H and O–H groups in total. The molecule has 0 unspecified atom stereocenters. The molecular formula is C26H33N3O5. The smallest absolute Gasteiger partial charge is 0.253 e. The van der Waals surface area contributed by atoms with Crippen LogP contribution in [0.15, 0.2) is 48.5 Å². The lowest BCUT2D eigenvalue weighted by atomic mass is 9.88. The van der Waals surface area contributed by atoms with Gasteiger partial charge in [-0.05, 0) is 48.1 Å². The number of carbonyl (C=O) groups is 2. The van der Waals surface area contributed by atoms with Crippen LogP contribution in [0.5, 0.6) is 5.75 Å². The molecule has 0 saturated carbocycles. The summed E-state index contributed by atoms with van der Waals surface area (Å²) in [6.07, 6.45) is 0.175. The zero-order valence-corrected chi connectivity index (χ0v) is 19.3. The molecule has 2 aliphatic heterocycles.